The summed E-state index contributed by atoms with van der Waals surface area (Å²) in [4.78, 5) is 41.6. The summed E-state index contributed by atoms with van der Waals surface area (Å²) in [5, 5.41) is 27.6. The number of alkyl halides is 2. The predicted octanol–water partition coefficient (Wildman–Crippen LogP) is 3.50. The van der Waals surface area contributed by atoms with Crippen LogP contribution in [0.5, 0.6) is 0 Å². The number of hydrogen-bond donors (Lipinski definition) is 3. The molecule has 3 saturated heterocycles. The Morgan fingerprint density at radius 3 is 2.66 bits per heavy atom. The van der Waals surface area contributed by atoms with Crippen LogP contribution in [0.15, 0.2) is 42.5 Å². The molecule has 1 saturated carbocycles. The molecule has 7 rings (SSSR count). The lowest BCUT2D eigenvalue weighted by molar-refractivity contribution is -0.201. The third-order valence-corrected chi connectivity index (χ3v) is 9.35. The number of nitrogens with zero attached hydrogens (tertiary/aromatic N) is 2. The Balaban J connectivity index is 1.36. The van der Waals surface area contributed by atoms with Crippen molar-refractivity contribution in [3.63, 3.8) is 0 Å². The van der Waals surface area contributed by atoms with Crippen molar-refractivity contribution in [2.45, 2.75) is 68.2 Å². The number of nitrogens with one attached hydrogen (secondary N) is 2. The molecule has 0 aromatic heterocycles. The maximum Gasteiger partial charge on any atom is 0.264 e. The van der Waals surface area contributed by atoms with Gasteiger partial charge in [-0.1, -0.05) is 41.9 Å². The Morgan fingerprint density at radius 2 is 1.93 bits per heavy atom. The lowest BCUT2D eigenvalue weighted by Gasteiger charge is -2.54. The molecule has 2 bridgehead atoms. The van der Waals surface area contributed by atoms with Crippen LogP contribution in [0.2, 0.25) is 5.02 Å². The van der Waals surface area contributed by atoms with Gasteiger partial charge in [-0.3, -0.25) is 14.4 Å². The molecule has 6 atom stereocenters. The second-order valence-electron chi connectivity index (χ2n) is 11.5. The van der Waals surface area contributed by atoms with E-state index in [0.717, 1.165) is 11.3 Å². The highest BCUT2D eigenvalue weighted by Gasteiger charge is 2.63. The maximum absolute atomic E-state index is 15.3. The Morgan fingerprint density at radius 1 is 1.17 bits per heavy atom. The smallest absolute Gasteiger partial charge is 0.264 e. The van der Waals surface area contributed by atoms with Crippen LogP contribution >= 0.6 is 11.6 Å². The van der Waals surface area contributed by atoms with Crippen molar-refractivity contribution in [2.75, 3.05) is 6.54 Å². The second-order valence-corrected chi connectivity index (χ2v) is 11.9. The average molecular weight is 583 g/mol. The molecule has 2 aromatic carbocycles. The van der Waals surface area contributed by atoms with Gasteiger partial charge in [0.1, 0.15) is 12.1 Å². The van der Waals surface area contributed by atoms with Gasteiger partial charge >= 0.3 is 0 Å². The molecule has 3 N–H and O–H groups in total. The molecule has 0 spiro atoms. The number of benzene rings is 2. The van der Waals surface area contributed by atoms with E-state index in [1.807, 2.05) is 6.07 Å². The zero-order chi connectivity index (χ0) is 29.1. The number of rotatable bonds is 5. The minimum Gasteiger partial charge on any atom is -0.372 e. The Bertz CT molecular complexity index is 1480. The lowest BCUT2D eigenvalue weighted by Crippen LogP contribution is -2.70. The van der Waals surface area contributed by atoms with Gasteiger partial charge in [0.2, 0.25) is 11.8 Å². The van der Waals surface area contributed by atoms with Crippen LogP contribution in [0.25, 0.3) is 11.1 Å². The summed E-state index contributed by atoms with van der Waals surface area (Å²) in [6.45, 7) is 0.538. The quantitative estimate of drug-likeness (QED) is 0.498. The molecule has 41 heavy (non-hydrogen) atoms. The van der Waals surface area contributed by atoms with E-state index in [1.165, 1.54) is 6.07 Å². The summed E-state index contributed by atoms with van der Waals surface area (Å²) in [5.74, 6) is -7.19. The molecular weight excluding hydrogens is 554 g/mol. The number of carbonyl (C=O) groups excluding carboxylic acids is 3. The predicted molar refractivity (Wildman–Crippen MR) is 144 cm³/mol. The van der Waals surface area contributed by atoms with E-state index < -0.39 is 59.7 Å². The molecule has 0 radical (unpaired) electrons. The number of hydrogen-bond acceptors (Lipinski definition) is 5. The van der Waals surface area contributed by atoms with Crippen LogP contribution in [-0.2, 0) is 20.0 Å². The molecule has 8 nitrogen and oxygen atoms in total. The first-order chi connectivity index (χ1) is 19.6. The minimum absolute atomic E-state index is 0.0131. The van der Waals surface area contributed by atoms with E-state index in [9.17, 15) is 24.8 Å². The highest BCUT2D eigenvalue weighted by atomic mass is 35.5. The zero-order valence-corrected chi connectivity index (χ0v) is 22.8. The monoisotopic (exact) mass is 582 g/mol. The summed E-state index contributed by atoms with van der Waals surface area (Å²) >= 11 is 6.27. The Labute approximate surface area is 240 Å². The molecule has 11 heteroatoms. The van der Waals surface area contributed by atoms with Gasteiger partial charge in [-0.05, 0) is 55.4 Å². The highest BCUT2D eigenvalue weighted by Crippen LogP contribution is 2.54. The fourth-order valence-corrected chi connectivity index (χ4v) is 7.36. The fraction of sp³-hybridized carbons (Fsp3) is 0.467. The van der Waals surface area contributed by atoms with Crippen LogP contribution in [-0.4, -0.2) is 58.3 Å². The molecule has 3 aliphatic heterocycles. The first-order valence-corrected chi connectivity index (χ1v) is 14.2. The summed E-state index contributed by atoms with van der Waals surface area (Å²) in [6.07, 6.45) is 0.943. The first kappa shape index (κ1) is 27.6. The molecule has 5 aliphatic rings. The molecular formula is C30H29ClF2N4O4. The topological polar surface area (TPSA) is 123 Å². The fourth-order valence-electron chi connectivity index (χ4n) is 7.19. The van der Waals surface area contributed by atoms with Gasteiger partial charge in [-0.15, -0.1) is 0 Å². The van der Waals surface area contributed by atoms with Gasteiger partial charge < -0.3 is 20.6 Å². The number of piperidine rings is 3. The first-order valence-electron chi connectivity index (χ1n) is 13.9. The molecule has 1 unspecified atom stereocenters. The van der Waals surface area contributed by atoms with Gasteiger partial charge in [-0.2, -0.15) is 5.26 Å². The third kappa shape index (κ3) is 4.37. The Hall–Kier alpha value is -3.55. The van der Waals surface area contributed by atoms with Gasteiger partial charge in [0.05, 0.1) is 12.0 Å². The van der Waals surface area contributed by atoms with Crippen LogP contribution in [0, 0.1) is 23.2 Å². The number of aliphatic hydroxyl groups is 1. The van der Waals surface area contributed by atoms with Crippen LogP contribution in [0.4, 0.5) is 8.78 Å². The van der Waals surface area contributed by atoms with Crippen molar-refractivity contribution in [2.24, 2.45) is 11.8 Å². The standard InChI is InChI=1S/C30H29ClF2N4O4/c31-17-7-9-21-20-5-1-2-6-22(20)30(41,24(21)13-17)28(40)37-19-8-10-23(29(32,33)14-19)25(37)27(39)36-18(15-34)12-16-4-3-11-35-26(16)38/h1-2,5-7,9,13,16,18-19,23,25,41H,3-4,8,10-12,14H2,(H,35,38)(H,36,39)/t16-,18-,19+,23+,25-,30?/m1/s1. The van der Waals surface area contributed by atoms with E-state index >= 15 is 8.78 Å². The van der Waals surface area contributed by atoms with E-state index in [-0.39, 0.29) is 41.3 Å². The summed E-state index contributed by atoms with van der Waals surface area (Å²) in [5.41, 5.74) is -0.546. The van der Waals surface area contributed by atoms with Gasteiger partial charge in [-0.25, -0.2) is 8.78 Å². The molecule has 2 aliphatic carbocycles. The van der Waals surface area contributed by atoms with Crippen molar-refractivity contribution >= 4 is 29.3 Å². The van der Waals surface area contributed by atoms with E-state index in [2.05, 4.69) is 10.6 Å². The minimum atomic E-state index is -3.22. The van der Waals surface area contributed by atoms with Crippen molar-refractivity contribution in [1.29, 1.82) is 5.26 Å². The molecule has 2 aromatic rings. The molecule has 3 heterocycles. The number of halogens is 3. The van der Waals surface area contributed by atoms with Crippen molar-refractivity contribution in [3.05, 3.63) is 58.6 Å². The number of fused-ring (bicyclic) bond motifs is 6. The second kappa shape index (κ2) is 10.1. The number of amides is 3. The largest absolute Gasteiger partial charge is 0.372 e. The van der Waals surface area contributed by atoms with E-state index in [0.29, 0.717) is 24.1 Å². The number of nitriles is 1. The molecule has 214 valence electrons. The van der Waals surface area contributed by atoms with Crippen LogP contribution in [0.1, 0.15) is 49.7 Å². The normalized spacial score (nSPS) is 30.0. The van der Waals surface area contributed by atoms with Crippen LogP contribution in [0.3, 0.4) is 0 Å². The summed E-state index contributed by atoms with van der Waals surface area (Å²) in [6, 6.07) is 9.88. The summed E-state index contributed by atoms with van der Waals surface area (Å²) < 4.78 is 30.6. The van der Waals surface area contributed by atoms with Gasteiger partial charge in [0, 0.05) is 41.1 Å². The Kier molecular flexibility index (Phi) is 6.78. The number of carbonyl (C=O) groups is 3. The van der Waals surface area contributed by atoms with Gasteiger partial charge in [0.15, 0.2) is 5.60 Å². The third-order valence-electron chi connectivity index (χ3n) is 9.12. The van der Waals surface area contributed by atoms with E-state index in [1.54, 1.807) is 36.4 Å². The highest BCUT2D eigenvalue weighted by molar-refractivity contribution is 6.31. The lowest BCUT2D eigenvalue weighted by atomic mass is 9.70. The zero-order valence-electron chi connectivity index (χ0n) is 22.1. The van der Waals surface area contributed by atoms with Crippen LogP contribution < -0.4 is 10.6 Å². The SMILES string of the molecule is N#C[C@@H](C[C@H]1CCCNC1=O)NC(=O)[C@H]1[C@@H]2CC[C@@H](CC2(F)F)N1C(=O)C1(O)c2ccccc2-c2ccc(Cl)cc21. The van der Waals surface area contributed by atoms with Crippen molar-refractivity contribution < 1.29 is 28.3 Å². The van der Waals surface area contributed by atoms with Gasteiger partial charge in [0.25, 0.3) is 11.8 Å². The van der Waals surface area contributed by atoms with E-state index in [4.69, 9.17) is 11.6 Å². The maximum atomic E-state index is 15.3. The summed E-state index contributed by atoms with van der Waals surface area (Å²) in [7, 11) is 0. The molecule has 3 amide bonds. The molecule has 4 fully saturated rings. The van der Waals surface area contributed by atoms with Crippen molar-refractivity contribution in [3.8, 4) is 17.2 Å². The van der Waals surface area contributed by atoms with Crippen molar-refractivity contribution in [1.82, 2.24) is 15.5 Å². The average Bonchev–Trinajstić information content (AvgIpc) is 3.21.